The molecule has 23 heavy (non-hydrogen) atoms. The van der Waals surface area contributed by atoms with Crippen LogP contribution in [0.4, 0.5) is 0 Å². The molecular formula is C15H22ClN2O4S+. The predicted octanol–water partition coefficient (Wildman–Crippen LogP) is 0.346. The molecule has 0 aliphatic carbocycles. The number of hydrogen-bond donors (Lipinski definition) is 1. The van der Waals surface area contributed by atoms with Crippen LogP contribution in [-0.4, -0.2) is 59.7 Å². The van der Waals surface area contributed by atoms with Gasteiger partial charge >= 0.3 is 0 Å². The van der Waals surface area contributed by atoms with Crippen molar-refractivity contribution in [1.82, 2.24) is 4.31 Å². The number of nitrogens with one attached hydrogen (secondary N) is 1. The zero-order chi connectivity index (χ0) is 17.0. The number of quaternary nitrogens is 1. The van der Waals surface area contributed by atoms with Gasteiger partial charge in [0.2, 0.25) is 10.0 Å². The summed E-state index contributed by atoms with van der Waals surface area (Å²) < 4.78 is 37.6. The van der Waals surface area contributed by atoms with Crippen LogP contribution >= 0.6 is 11.6 Å². The second kappa shape index (κ2) is 7.53. The minimum Gasteiger partial charge on any atom is -0.497 e. The van der Waals surface area contributed by atoms with Crippen molar-refractivity contribution >= 4 is 21.6 Å². The van der Waals surface area contributed by atoms with Gasteiger partial charge in [0.1, 0.15) is 22.9 Å². The smallest absolute Gasteiger partial charge is 0.247 e. The fourth-order valence-corrected chi connectivity index (χ4v) is 4.42. The summed E-state index contributed by atoms with van der Waals surface area (Å²) in [6, 6.07) is 4.77. The number of sulfonamides is 1. The molecular weight excluding hydrogens is 340 g/mol. The Morgan fingerprint density at radius 1 is 1.30 bits per heavy atom. The van der Waals surface area contributed by atoms with Crippen molar-refractivity contribution in [2.45, 2.75) is 4.90 Å². The largest absolute Gasteiger partial charge is 0.497 e. The molecule has 0 saturated carbocycles. The fourth-order valence-electron chi connectivity index (χ4n) is 2.62. The SMILES string of the molecule is C=C(Cl)C[NH+]1CCN(S(=O)(=O)c2cc(OC)ccc2OC)CC1. The minimum atomic E-state index is -3.63. The van der Waals surface area contributed by atoms with Crippen molar-refractivity contribution in [2.75, 3.05) is 46.9 Å². The van der Waals surface area contributed by atoms with E-state index in [1.165, 1.54) is 29.5 Å². The van der Waals surface area contributed by atoms with Crippen LogP contribution < -0.4 is 14.4 Å². The van der Waals surface area contributed by atoms with Gasteiger partial charge in [-0.25, -0.2) is 8.42 Å². The van der Waals surface area contributed by atoms with Crippen molar-refractivity contribution in [3.63, 3.8) is 0 Å². The average molecular weight is 362 g/mol. The number of rotatable bonds is 6. The van der Waals surface area contributed by atoms with Crippen molar-refractivity contribution in [1.29, 1.82) is 0 Å². The quantitative estimate of drug-likeness (QED) is 0.794. The lowest BCUT2D eigenvalue weighted by Crippen LogP contribution is -3.14. The van der Waals surface area contributed by atoms with E-state index in [4.69, 9.17) is 21.1 Å². The van der Waals surface area contributed by atoms with Gasteiger partial charge in [0.25, 0.3) is 0 Å². The highest BCUT2D eigenvalue weighted by Crippen LogP contribution is 2.30. The summed E-state index contributed by atoms with van der Waals surface area (Å²) in [4.78, 5) is 1.36. The average Bonchev–Trinajstić information content (AvgIpc) is 2.54. The normalized spacial score (nSPS) is 17.0. The summed E-state index contributed by atoms with van der Waals surface area (Å²) in [5.74, 6) is 0.793. The van der Waals surface area contributed by atoms with Gasteiger partial charge in [0.05, 0.1) is 45.4 Å². The first-order valence-corrected chi connectivity index (χ1v) is 9.09. The maximum Gasteiger partial charge on any atom is 0.247 e. The highest BCUT2D eigenvalue weighted by atomic mass is 35.5. The van der Waals surface area contributed by atoms with Crippen LogP contribution in [0.15, 0.2) is 34.7 Å². The molecule has 1 aromatic rings. The Balaban J connectivity index is 2.21. The maximum atomic E-state index is 12.9. The third-order valence-corrected chi connectivity index (χ3v) is 5.91. The molecule has 1 aliphatic rings. The van der Waals surface area contributed by atoms with Gasteiger partial charge < -0.3 is 14.4 Å². The molecule has 1 heterocycles. The lowest BCUT2D eigenvalue weighted by atomic mass is 10.3. The highest BCUT2D eigenvalue weighted by molar-refractivity contribution is 7.89. The molecule has 1 aromatic carbocycles. The molecule has 8 heteroatoms. The standard InChI is InChI=1S/C15H21ClN2O4S/c1-12(16)11-17-6-8-18(9-7-17)23(19,20)15-10-13(21-2)4-5-14(15)22-3/h4-5,10H,1,6-9,11H2,2-3H3/p+1. The molecule has 1 aliphatic heterocycles. The first-order valence-electron chi connectivity index (χ1n) is 7.27. The third-order valence-electron chi connectivity index (χ3n) is 3.86. The minimum absolute atomic E-state index is 0.129. The molecule has 0 amide bonds. The van der Waals surface area contributed by atoms with Crippen molar-refractivity contribution < 1.29 is 22.8 Å². The molecule has 1 fully saturated rings. The van der Waals surface area contributed by atoms with Crippen molar-refractivity contribution in [3.8, 4) is 11.5 Å². The maximum absolute atomic E-state index is 12.9. The van der Waals surface area contributed by atoms with E-state index in [-0.39, 0.29) is 4.90 Å². The van der Waals surface area contributed by atoms with Gasteiger partial charge in [-0.3, -0.25) is 0 Å². The first kappa shape index (κ1) is 18.1. The number of nitrogens with zero attached hydrogens (tertiary/aromatic N) is 1. The van der Waals surface area contributed by atoms with E-state index in [1.807, 2.05) is 0 Å². The molecule has 6 nitrogen and oxygen atoms in total. The summed E-state index contributed by atoms with van der Waals surface area (Å²) >= 11 is 5.83. The zero-order valence-corrected chi connectivity index (χ0v) is 14.9. The van der Waals surface area contributed by atoms with Gasteiger partial charge in [-0.2, -0.15) is 4.31 Å². The van der Waals surface area contributed by atoms with Gasteiger partial charge in [-0.15, -0.1) is 0 Å². The van der Waals surface area contributed by atoms with E-state index in [1.54, 1.807) is 12.1 Å². The van der Waals surface area contributed by atoms with Crippen molar-refractivity contribution in [3.05, 3.63) is 29.8 Å². The Hall–Kier alpha value is -1.28. The molecule has 0 bridgehead atoms. The summed E-state index contributed by atoms with van der Waals surface area (Å²) in [5, 5.41) is 0.589. The Labute approximate surface area is 142 Å². The molecule has 0 unspecified atom stereocenters. The summed E-state index contributed by atoms with van der Waals surface area (Å²) in [7, 11) is -0.677. The van der Waals surface area contributed by atoms with Crippen LogP contribution in [0, 0.1) is 0 Å². The molecule has 0 atom stereocenters. The lowest BCUT2D eigenvalue weighted by Gasteiger charge is -2.31. The Bertz CT molecular complexity index is 670. The van der Waals surface area contributed by atoms with E-state index in [2.05, 4.69) is 6.58 Å². The van der Waals surface area contributed by atoms with Crippen LogP contribution in [0.25, 0.3) is 0 Å². The van der Waals surface area contributed by atoms with E-state index >= 15 is 0 Å². The van der Waals surface area contributed by atoms with Crippen LogP contribution in [0.5, 0.6) is 11.5 Å². The molecule has 128 valence electrons. The van der Waals surface area contributed by atoms with Crippen LogP contribution in [-0.2, 0) is 10.0 Å². The van der Waals surface area contributed by atoms with E-state index in [0.29, 0.717) is 49.3 Å². The molecule has 0 aromatic heterocycles. The molecule has 0 radical (unpaired) electrons. The summed E-state index contributed by atoms with van der Waals surface area (Å²) in [5.41, 5.74) is 0. The number of hydrogen-bond acceptors (Lipinski definition) is 4. The van der Waals surface area contributed by atoms with E-state index in [9.17, 15) is 8.42 Å². The fraction of sp³-hybridized carbons (Fsp3) is 0.467. The highest BCUT2D eigenvalue weighted by Gasteiger charge is 2.32. The number of piperazine rings is 1. The van der Waals surface area contributed by atoms with Gasteiger partial charge in [-0.1, -0.05) is 18.2 Å². The second-order valence-electron chi connectivity index (χ2n) is 5.36. The molecule has 0 spiro atoms. The lowest BCUT2D eigenvalue weighted by molar-refractivity contribution is -0.898. The van der Waals surface area contributed by atoms with Gasteiger partial charge in [0, 0.05) is 6.07 Å². The number of ether oxygens (including phenoxy) is 2. The number of benzene rings is 1. The Kier molecular flexibility index (Phi) is 5.91. The van der Waals surface area contributed by atoms with Gasteiger partial charge in [0.15, 0.2) is 0 Å². The Morgan fingerprint density at radius 2 is 1.96 bits per heavy atom. The van der Waals surface area contributed by atoms with E-state index in [0.717, 1.165) is 0 Å². The third kappa shape index (κ3) is 4.17. The topological polar surface area (TPSA) is 60.3 Å². The van der Waals surface area contributed by atoms with Crippen LogP contribution in [0.2, 0.25) is 0 Å². The van der Waals surface area contributed by atoms with Crippen LogP contribution in [0.1, 0.15) is 0 Å². The first-order chi connectivity index (χ1) is 10.9. The monoisotopic (exact) mass is 361 g/mol. The number of methoxy groups -OCH3 is 2. The molecule has 2 rings (SSSR count). The summed E-state index contributed by atoms with van der Waals surface area (Å²) in [6.07, 6.45) is 0. The summed E-state index contributed by atoms with van der Waals surface area (Å²) in [6.45, 7) is 6.59. The number of halogens is 1. The zero-order valence-electron chi connectivity index (χ0n) is 13.3. The van der Waals surface area contributed by atoms with E-state index < -0.39 is 10.0 Å². The second-order valence-corrected chi connectivity index (χ2v) is 7.81. The van der Waals surface area contributed by atoms with Crippen LogP contribution in [0.3, 0.4) is 0 Å². The molecule has 1 N–H and O–H groups in total. The molecule has 1 saturated heterocycles. The van der Waals surface area contributed by atoms with Gasteiger partial charge in [-0.05, 0) is 12.1 Å². The van der Waals surface area contributed by atoms with Crippen molar-refractivity contribution in [2.24, 2.45) is 0 Å². The Morgan fingerprint density at radius 3 is 2.48 bits per heavy atom. The predicted molar refractivity (Wildman–Crippen MR) is 88.9 cm³/mol.